The average Bonchev–Trinajstić information content (AvgIpc) is 3.07. The van der Waals surface area contributed by atoms with Crippen LogP contribution in [0.25, 0.3) is 0 Å². The van der Waals surface area contributed by atoms with Gasteiger partial charge in [0.2, 0.25) is 0 Å². The zero-order valence-corrected chi connectivity index (χ0v) is 22.4. The molecule has 1 aromatic heterocycles. The Balaban J connectivity index is 2.58. The highest BCUT2D eigenvalue weighted by Gasteiger charge is 2.52. The molecule has 1 N–H and O–H groups in total. The highest BCUT2D eigenvalue weighted by Crippen LogP contribution is 2.45. The molecule has 1 aliphatic rings. The van der Waals surface area contributed by atoms with Crippen molar-refractivity contribution in [3.8, 4) is 0 Å². The maximum absolute atomic E-state index is 12.9. The number of furan rings is 1. The number of hydrogen-bond donors (Lipinski definition) is 1. The fourth-order valence-corrected chi connectivity index (χ4v) is 6.61. The van der Waals surface area contributed by atoms with Crippen LogP contribution in [0.4, 0.5) is 0 Å². The highest BCUT2D eigenvalue weighted by molar-refractivity contribution is 6.88. The van der Waals surface area contributed by atoms with Crippen LogP contribution in [0, 0.1) is 5.92 Å². The van der Waals surface area contributed by atoms with Crippen LogP contribution in [0.15, 0.2) is 28.4 Å². The van der Waals surface area contributed by atoms with E-state index >= 15 is 0 Å². The van der Waals surface area contributed by atoms with Crippen molar-refractivity contribution < 1.29 is 23.5 Å². The highest BCUT2D eigenvalue weighted by atomic mass is 28.4. The largest absolute Gasteiger partial charge is 0.474 e. The number of aliphatic hydroxyl groups is 1. The Labute approximate surface area is 184 Å². The van der Waals surface area contributed by atoms with E-state index in [0.29, 0.717) is 12.0 Å². The van der Waals surface area contributed by atoms with Gasteiger partial charge in [-0.1, -0.05) is 46.5 Å². The molecule has 0 unspecified atom stereocenters. The Morgan fingerprint density at radius 1 is 1.27 bits per heavy atom. The minimum absolute atomic E-state index is 0.0442. The predicted octanol–water partition coefficient (Wildman–Crippen LogP) is 4.93. The minimum Gasteiger partial charge on any atom is -0.474 e. The summed E-state index contributed by atoms with van der Waals surface area (Å²) < 4.78 is 17.9. The van der Waals surface area contributed by atoms with Crippen molar-refractivity contribution in [1.29, 1.82) is 0 Å². The van der Waals surface area contributed by atoms with Crippen LogP contribution >= 0.6 is 0 Å². The van der Waals surface area contributed by atoms with Crippen LogP contribution in [0.1, 0.15) is 46.6 Å². The van der Waals surface area contributed by atoms with Crippen molar-refractivity contribution in [1.82, 2.24) is 0 Å². The molecule has 0 radical (unpaired) electrons. The van der Waals surface area contributed by atoms with Gasteiger partial charge < -0.3 is 18.7 Å². The molecule has 170 valence electrons. The van der Waals surface area contributed by atoms with Crippen LogP contribution in [-0.4, -0.2) is 40.2 Å². The van der Waals surface area contributed by atoms with Gasteiger partial charge in [0.15, 0.2) is 8.32 Å². The molecule has 30 heavy (non-hydrogen) atoms. The van der Waals surface area contributed by atoms with Gasteiger partial charge in [-0.15, -0.1) is 0 Å². The first-order valence-corrected chi connectivity index (χ1v) is 17.3. The molecular formula is C23H40O5Si2. The standard InChI is InChI=1S/C23H40O5Si2/c1-11-26-20(24)18-14-16(2)19(28-30(9,10)22(3,4)5)15-23(18,25)17-12-13-27-21(17)29(6,7)8/h12-14,18-19,25H,11,15H2,1-10H3/t18-,19-,23+/m1/s1. The van der Waals surface area contributed by atoms with E-state index in [1.54, 1.807) is 13.2 Å². The van der Waals surface area contributed by atoms with Gasteiger partial charge in [-0.25, -0.2) is 0 Å². The summed E-state index contributed by atoms with van der Waals surface area (Å²) in [4.78, 5) is 12.9. The lowest BCUT2D eigenvalue weighted by atomic mass is 9.72. The molecular weight excluding hydrogens is 412 g/mol. The molecule has 1 heterocycles. The summed E-state index contributed by atoms with van der Waals surface area (Å²) in [5.41, 5.74) is 0.245. The quantitative estimate of drug-likeness (QED) is 0.376. The maximum atomic E-state index is 12.9. The summed E-state index contributed by atoms with van der Waals surface area (Å²) >= 11 is 0. The zero-order chi connectivity index (χ0) is 23.1. The fraction of sp³-hybridized carbons (Fsp3) is 0.696. The molecule has 0 saturated carbocycles. The zero-order valence-electron chi connectivity index (χ0n) is 20.4. The number of rotatable bonds is 6. The van der Waals surface area contributed by atoms with E-state index < -0.39 is 33.9 Å². The monoisotopic (exact) mass is 452 g/mol. The van der Waals surface area contributed by atoms with Crippen LogP contribution in [0.3, 0.4) is 0 Å². The topological polar surface area (TPSA) is 68.9 Å². The molecule has 3 atom stereocenters. The van der Waals surface area contributed by atoms with Crippen molar-refractivity contribution in [3.05, 3.63) is 29.5 Å². The van der Waals surface area contributed by atoms with E-state index in [2.05, 4.69) is 53.5 Å². The van der Waals surface area contributed by atoms with Crippen LogP contribution in [0.2, 0.25) is 37.8 Å². The SMILES string of the molecule is CCOC(=O)[C@H]1C=C(C)[C@H](O[Si](C)(C)C(C)(C)C)C[C@]1(O)c1ccoc1[Si](C)(C)C. The first-order valence-electron chi connectivity index (χ1n) is 10.9. The smallest absolute Gasteiger partial charge is 0.316 e. The molecule has 1 aliphatic carbocycles. The molecule has 0 fully saturated rings. The van der Waals surface area contributed by atoms with Crippen molar-refractivity contribution in [3.63, 3.8) is 0 Å². The molecule has 0 aliphatic heterocycles. The van der Waals surface area contributed by atoms with Gasteiger partial charge in [0.25, 0.3) is 0 Å². The van der Waals surface area contributed by atoms with Gasteiger partial charge in [0, 0.05) is 12.0 Å². The van der Waals surface area contributed by atoms with E-state index in [0.717, 1.165) is 11.0 Å². The van der Waals surface area contributed by atoms with Crippen molar-refractivity contribution in [2.75, 3.05) is 6.61 Å². The minimum atomic E-state index is -2.08. The predicted molar refractivity (Wildman–Crippen MR) is 126 cm³/mol. The number of carbonyl (C=O) groups excluding carboxylic acids is 1. The van der Waals surface area contributed by atoms with Gasteiger partial charge in [-0.3, -0.25) is 4.79 Å². The van der Waals surface area contributed by atoms with Gasteiger partial charge >= 0.3 is 5.97 Å². The molecule has 1 aromatic rings. The molecule has 2 rings (SSSR count). The van der Waals surface area contributed by atoms with Crippen LogP contribution in [0.5, 0.6) is 0 Å². The number of carbonyl (C=O) groups is 1. The van der Waals surface area contributed by atoms with E-state index in [4.69, 9.17) is 13.6 Å². The summed E-state index contributed by atoms with van der Waals surface area (Å²) in [6, 6.07) is 1.82. The average molecular weight is 453 g/mol. The second kappa shape index (κ2) is 8.41. The Hall–Kier alpha value is -1.16. The Morgan fingerprint density at radius 3 is 2.37 bits per heavy atom. The Bertz CT molecular complexity index is 797. The van der Waals surface area contributed by atoms with Crippen LogP contribution in [-0.2, 0) is 19.6 Å². The van der Waals surface area contributed by atoms with Gasteiger partial charge in [-0.2, -0.15) is 0 Å². The Kier molecular flexibility index (Phi) is 7.04. The molecule has 0 aromatic carbocycles. The molecule has 0 amide bonds. The lowest BCUT2D eigenvalue weighted by Gasteiger charge is -2.45. The maximum Gasteiger partial charge on any atom is 0.316 e. The summed E-state index contributed by atoms with van der Waals surface area (Å²) in [5, 5.41) is 12.9. The van der Waals surface area contributed by atoms with E-state index in [1.165, 1.54) is 0 Å². The molecule has 7 heteroatoms. The van der Waals surface area contributed by atoms with Gasteiger partial charge in [-0.05, 0) is 43.6 Å². The molecule has 0 bridgehead atoms. The normalized spacial score (nSPS) is 25.8. The van der Waals surface area contributed by atoms with Crippen molar-refractivity contribution in [2.24, 2.45) is 5.92 Å². The first-order chi connectivity index (χ1) is 13.5. The third-order valence-corrected chi connectivity index (χ3v) is 12.8. The number of hydrogen-bond acceptors (Lipinski definition) is 5. The van der Waals surface area contributed by atoms with E-state index in [-0.39, 0.29) is 17.7 Å². The molecule has 0 spiro atoms. The number of ether oxygens (including phenoxy) is 1. The fourth-order valence-electron chi connectivity index (χ4n) is 3.75. The summed E-state index contributed by atoms with van der Waals surface area (Å²) in [6.45, 7) is 21.6. The van der Waals surface area contributed by atoms with Gasteiger partial charge in [0.1, 0.15) is 19.6 Å². The Morgan fingerprint density at radius 2 is 1.87 bits per heavy atom. The first kappa shape index (κ1) is 25.1. The van der Waals surface area contributed by atoms with Crippen molar-refractivity contribution in [2.45, 2.75) is 90.5 Å². The summed E-state index contributed by atoms with van der Waals surface area (Å²) in [6.07, 6.45) is 3.52. The summed E-state index contributed by atoms with van der Waals surface area (Å²) in [7, 11) is -3.97. The second-order valence-corrected chi connectivity index (χ2v) is 20.8. The van der Waals surface area contributed by atoms with E-state index in [1.807, 2.05) is 19.1 Å². The number of esters is 1. The lowest BCUT2D eigenvalue weighted by Crippen LogP contribution is -2.53. The molecule has 5 nitrogen and oxygen atoms in total. The third kappa shape index (κ3) is 4.84. The van der Waals surface area contributed by atoms with Crippen LogP contribution < -0.4 is 5.38 Å². The summed E-state index contributed by atoms with van der Waals surface area (Å²) in [5.74, 6) is -1.20. The lowest BCUT2D eigenvalue weighted by molar-refractivity contribution is -0.158. The second-order valence-electron chi connectivity index (χ2n) is 11.0. The molecule has 0 saturated heterocycles. The van der Waals surface area contributed by atoms with E-state index in [9.17, 15) is 9.90 Å². The third-order valence-electron chi connectivity index (χ3n) is 6.54. The van der Waals surface area contributed by atoms with Gasteiger partial charge in [0.05, 0.1) is 24.4 Å². The van der Waals surface area contributed by atoms with Crippen molar-refractivity contribution >= 4 is 27.7 Å².